The van der Waals surface area contributed by atoms with Crippen LogP contribution in [0.15, 0.2) is 43.0 Å². The summed E-state index contributed by atoms with van der Waals surface area (Å²) in [5.74, 6) is -0.706. The normalized spacial score (nSPS) is 27.9. The van der Waals surface area contributed by atoms with E-state index in [-0.39, 0.29) is 6.61 Å². The molecule has 10 nitrogen and oxygen atoms in total. The van der Waals surface area contributed by atoms with Gasteiger partial charge in [0.1, 0.15) is 19.0 Å². The monoisotopic (exact) mass is 511 g/mol. The molecule has 11 heteroatoms. The molecule has 1 aromatic carbocycles. The summed E-state index contributed by atoms with van der Waals surface area (Å²) in [6.07, 6.45) is 4.87. The average Bonchev–Trinajstić information content (AvgIpc) is 3.57. The number of alkyl halides is 1. The standard InChI is InChI=1S/C26H30FN5O5/c1-16(33)37-26(3)19(13-35-23(34)17-9-5-4-6-10-17)36-24(25(26,2)27)32-15-30-20-21(28-14-29-22(20)32)31-18-11-7-8-12-18/h4-6,9-10,14-15,18-19,24H,7-8,11-13H2,1-3H3,(H,28,29,31)/t19-,24-,25+,26+/m1/s1. The van der Waals surface area contributed by atoms with Crippen LogP contribution >= 0.6 is 0 Å². The third-order valence-electron chi connectivity index (χ3n) is 7.38. The van der Waals surface area contributed by atoms with E-state index in [0.717, 1.165) is 25.7 Å². The number of fused-ring (bicyclic) bond motifs is 1. The molecule has 0 spiro atoms. The molecule has 2 aliphatic rings. The summed E-state index contributed by atoms with van der Waals surface area (Å²) in [6.45, 7) is 3.60. The lowest BCUT2D eigenvalue weighted by atomic mass is 9.84. The molecule has 5 rings (SSSR count). The fourth-order valence-electron chi connectivity index (χ4n) is 5.16. The molecule has 1 saturated heterocycles. The molecule has 2 aromatic heterocycles. The minimum absolute atomic E-state index is 0.299. The molecular weight excluding hydrogens is 481 g/mol. The van der Waals surface area contributed by atoms with Gasteiger partial charge in [0.25, 0.3) is 0 Å². The van der Waals surface area contributed by atoms with Crippen LogP contribution in [0.5, 0.6) is 0 Å². The number of aromatic nitrogens is 4. The van der Waals surface area contributed by atoms with Crippen molar-refractivity contribution in [1.29, 1.82) is 0 Å². The fraction of sp³-hybridized carbons (Fsp3) is 0.500. The van der Waals surface area contributed by atoms with Gasteiger partial charge in [0.2, 0.25) is 0 Å². The predicted molar refractivity (Wildman–Crippen MR) is 132 cm³/mol. The second kappa shape index (κ2) is 9.70. The van der Waals surface area contributed by atoms with E-state index in [4.69, 9.17) is 14.2 Å². The summed E-state index contributed by atoms with van der Waals surface area (Å²) in [6, 6.07) is 8.72. The van der Waals surface area contributed by atoms with Gasteiger partial charge in [0.15, 0.2) is 34.5 Å². The van der Waals surface area contributed by atoms with Gasteiger partial charge in [-0.3, -0.25) is 9.36 Å². The first kappa shape index (κ1) is 25.1. The van der Waals surface area contributed by atoms with Crippen molar-refractivity contribution in [1.82, 2.24) is 19.5 Å². The molecule has 1 aliphatic heterocycles. The van der Waals surface area contributed by atoms with Gasteiger partial charge in [-0.25, -0.2) is 24.1 Å². The summed E-state index contributed by atoms with van der Waals surface area (Å²) < 4.78 is 35.2. The van der Waals surface area contributed by atoms with Crippen LogP contribution in [0.3, 0.4) is 0 Å². The van der Waals surface area contributed by atoms with Gasteiger partial charge < -0.3 is 19.5 Å². The molecule has 1 N–H and O–H groups in total. The van der Waals surface area contributed by atoms with Crippen LogP contribution in [-0.2, 0) is 19.0 Å². The van der Waals surface area contributed by atoms with Crippen molar-refractivity contribution in [3.05, 3.63) is 48.5 Å². The number of hydrogen-bond acceptors (Lipinski definition) is 9. The predicted octanol–water partition coefficient (Wildman–Crippen LogP) is 3.99. The van der Waals surface area contributed by atoms with Crippen LogP contribution < -0.4 is 5.32 Å². The number of carbonyl (C=O) groups is 2. The number of ether oxygens (including phenoxy) is 3. The molecule has 0 bridgehead atoms. The van der Waals surface area contributed by atoms with Gasteiger partial charge in [-0.05, 0) is 38.8 Å². The number of esters is 2. The summed E-state index contributed by atoms with van der Waals surface area (Å²) in [5.41, 5.74) is -2.80. The minimum atomic E-state index is -2.24. The number of nitrogens with zero attached hydrogens (tertiary/aromatic N) is 4. The highest BCUT2D eigenvalue weighted by molar-refractivity contribution is 5.89. The summed E-state index contributed by atoms with van der Waals surface area (Å²) in [7, 11) is 0. The second-order valence-electron chi connectivity index (χ2n) is 9.89. The van der Waals surface area contributed by atoms with Crippen molar-refractivity contribution in [2.24, 2.45) is 0 Å². The van der Waals surface area contributed by atoms with E-state index in [1.165, 1.54) is 38.0 Å². The van der Waals surface area contributed by atoms with Gasteiger partial charge in [0, 0.05) is 13.0 Å². The van der Waals surface area contributed by atoms with E-state index in [9.17, 15) is 9.59 Å². The number of benzene rings is 1. The Balaban J connectivity index is 1.44. The van der Waals surface area contributed by atoms with Crippen molar-refractivity contribution < 1.29 is 28.2 Å². The van der Waals surface area contributed by atoms with Crippen molar-refractivity contribution in [3.8, 4) is 0 Å². The molecule has 37 heavy (non-hydrogen) atoms. The number of halogens is 1. The maximum Gasteiger partial charge on any atom is 0.338 e. The first-order chi connectivity index (χ1) is 17.7. The minimum Gasteiger partial charge on any atom is -0.459 e. The van der Waals surface area contributed by atoms with E-state index < -0.39 is 35.5 Å². The molecular formula is C26H30FN5O5. The highest BCUT2D eigenvalue weighted by atomic mass is 19.1. The molecule has 3 heterocycles. The zero-order chi connectivity index (χ0) is 26.2. The van der Waals surface area contributed by atoms with Gasteiger partial charge in [-0.2, -0.15) is 0 Å². The summed E-state index contributed by atoms with van der Waals surface area (Å²) >= 11 is 0. The molecule has 0 radical (unpaired) electrons. The SMILES string of the molecule is CC(=O)O[C@@]1(C)[C@@H](COC(=O)c2ccccc2)O[C@@H](n2cnc3c(NC4CCCC4)ncnc32)[C@]1(C)F. The van der Waals surface area contributed by atoms with E-state index >= 15 is 4.39 Å². The highest BCUT2D eigenvalue weighted by Gasteiger charge is 2.66. The Bertz CT molecular complexity index is 1290. The lowest BCUT2D eigenvalue weighted by molar-refractivity contribution is -0.175. The third-order valence-corrected chi connectivity index (χ3v) is 7.38. The molecule has 3 aromatic rings. The van der Waals surface area contributed by atoms with Crippen molar-refractivity contribution in [3.63, 3.8) is 0 Å². The van der Waals surface area contributed by atoms with Crippen LogP contribution in [-0.4, -0.2) is 61.5 Å². The number of carbonyl (C=O) groups excluding carboxylic acids is 2. The number of nitrogens with one attached hydrogen (secondary N) is 1. The van der Waals surface area contributed by atoms with Crippen molar-refractivity contribution in [2.75, 3.05) is 11.9 Å². The van der Waals surface area contributed by atoms with Crippen LogP contribution in [0.25, 0.3) is 11.2 Å². The molecule has 4 atom stereocenters. The lowest BCUT2D eigenvalue weighted by Gasteiger charge is -2.36. The Kier molecular flexibility index (Phi) is 6.57. The van der Waals surface area contributed by atoms with Crippen molar-refractivity contribution >= 4 is 28.9 Å². The van der Waals surface area contributed by atoms with Crippen LogP contribution in [0.4, 0.5) is 10.2 Å². The van der Waals surface area contributed by atoms with Gasteiger partial charge in [0.05, 0.1) is 11.9 Å². The van der Waals surface area contributed by atoms with E-state index in [0.29, 0.717) is 28.6 Å². The third kappa shape index (κ3) is 4.52. The Morgan fingerprint density at radius 2 is 1.89 bits per heavy atom. The number of rotatable bonds is 7. The Morgan fingerprint density at radius 1 is 1.16 bits per heavy atom. The maximum atomic E-state index is 16.7. The van der Waals surface area contributed by atoms with E-state index in [1.807, 2.05) is 0 Å². The molecule has 0 unspecified atom stereocenters. The van der Waals surface area contributed by atoms with E-state index in [2.05, 4.69) is 20.3 Å². The zero-order valence-electron chi connectivity index (χ0n) is 21.0. The van der Waals surface area contributed by atoms with Gasteiger partial charge >= 0.3 is 11.9 Å². The Morgan fingerprint density at radius 3 is 2.59 bits per heavy atom. The second-order valence-corrected chi connectivity index (χ2v) is 9.89. The number of anilines is 1. The average molecular weight is 512 g/mol. The molecule has 1 aliphatic carbocycles. The summed E-state index contributed by atoms with van der Waals surface area (Å²) in [4.78, 5) is 37.7. The molecule has 2 fully saturated rings. The summed E-state index contributed by atoms with van der Waals surface area (Å²) in [5, 5.41) is 3.42. The maximum absolute atomic E-state index is 16.7. The number of hydrogen-bond donors (Lipinski definition) is 1. The molecule has 196 valence electrons. The zero-order valence-corrected chi connectivity index (χ0v) is 21.0. The largest absolute Gasteiger partial charge is 0.459 e. The van der Waals surface area contributed by atoms with Crippen LogP contribution in [0, 0.1) is 0 Å². The quantitative estimate of drug-likeness (QED) is 0.470. The fourth-order valence-corrected chi connectivity index (χ4v) is 5.16. The van der Waals surface area contributed by atoms with Gasteiger partial charge in [-0.15, -0.1) is 0 Å². The van der Waals surface area contributed by atoms with Gasteiger partial charge in [-0.1, -0.05) is 31.0 Å². The smallest absolute Gasteiger partial charge is 0.338 e. The topological polar surface area (TPSA) is 117 Å². The van der Waals surface area contributed by atoms with Crippen LogP contribution in [0.1, 0.15) is 63.0 Å². The Labute approximate surface area is 213 Å². The molecule has 0 amide bonds. The van der Waals surface area contributed by atoms with Crippen molar-refractivity contribution in [2.45, 2.75) is 76.1 Å². The molecule has 1 saturated carbocycles. The lowest BCUT2D eigenvalue weighted by Crippen LogP contribution is -2.55. The van der Waals surface area contributed by atoms with Crippen LogP contribution in [0.2, 0.25) is 0 Å². The first-order valence-electron chi connectivity index (χ1n) is 12.4. The first-order valence-corrected chi connectivity index (χ1v) is 12.4. The highest BCUT2D eigenvalue weighted by Crippen LogP contribution is 2.51. The number of imidazole rings is 1. The van der Waals surface area contributed by atoms with E-state index in [1.54, 1.807) is 30.3 Å². The Hall–Kier alpha value is -3.60.